The van der Waals surface area contributed by atoms with E-state index in [1.807, 2.05) is 6.92 Å². The largest absolute Gasteiger partial charge is 0.507 e. The summed E-state index contributed by atoms with van der Waals surface area (Å²) in [5.74, 6) is -1.75. The maximum atomic E-state index is 12.7. The molecule has 6 nitrogen and oxygen atoms in total. The third-order valence-electron chi connectivity index (χ3n) is 4.94. The average Bonchev–Trinajstić information content (AvgIpc) is 2.63. The van der Waals surface area contributed by atoms with Gasteiger partial charge >= 0.3 is 5.97 Å². The van der Waals surface area contributed by atoms with E-state index in [0.29, 0.717) is 11.3 Å². The molecule has 0 aromatic heterocycles. The summed E-state index contributed by atoms with van der Waals surface area (Å²) < 4.78 is 5.51. The standard InChI is InChI=1S/C21H27NO5/c1-12-8-9-18(24)13(2)17(23)7-5-6-15-10-16(22-4)11-19(25)20(15)21(26)27-14(12)3/h5-6,8-14,17,22-23,25H,7H2,1-4H3/b6-5+,9-8-/t12-,13+,14+,17+/m1/s1. The van der Waals surface area contributed by atoms with E-state index < -0.39 is 24.1 Å². The quantitative estimate of drug-likeness (QED) is 0.655. The first kappa shape index (κ1) is 20.7. The molecule has 1 aromatic carbocycles. The molecular weight excluding hydrogens is 346 g/mol. The lowest BCUT2D eigenvalue weighted by Gasteiger charge is -2.20. The summed E-state index contributed by atoms with van der Waals surface area (Å²) in [5, 5.41) is 23.5. The summed E-state index contributed by atoms with van der Waals surface area (Å²) in [6.07, 6.45) is 5.34. The maximum absolute atomic E-state index is 12.7. The number of nitrogens with one attached hydrogen (secondary N) is 1. The van der Waals surface area contributed by atoms with Gasteiger partial charge in [0.1, 0.15) is 17.4 Å². The molecule has 0 aliphatic carbocycles. The summed E-state index contributed by atoms with van der Waals surface area (Å²) >= 11 is 0. The molecule has 0 unspecified atom stereocenters. The van der Waals surface area contributed by atoms with Crippen LogP contribution in [0.1, 0.15) is 43.1 Å². The van der Waals surface area contributed by atoms with Gasteiger partial charge in [0.15, 0.2) is 5.78 Å². The summed E-state index contributed by atoms with van der Waals surface area (Å²) in [6.45, 7) is 5.25. The molecule has 2 rings (SSSR count). The van der Waals surface area contributed by atoms with E-state index in [4.69, 9.17) is 4.74 Å². The molecule has 6 heteroatoms. The number of anilines is 1. The molecule has 1 aromatic rings. The van der Waals surface area contributed by atoms with Crippen LogP contribution in [0.5, 0.6) is 5.75 Å². The molecule has 0 bridgehead atoms. The third-order valence-corrected chi connectivity index (χ3v) is 4.94. The monoisotopic (exact) mass is 373 g/mol. The highest BCUT2D eigenvalue weighted by Crippen LogP contribution is 2.29. The zero-order valence-electron chi connectivity index (χ0n) is 16.1. The van der Waals surface area contributed by atoms with Crippen LogP contribution in [-0.2, 0) is 9.53 Å². The number of ether oxygens (including phenoxy) is 1. The van der Waals surface area contributed by atoms with E-state index in [1.165, 1.54) is 12.1 Å². The van der Waals surface area contributed by atoms with Crippen LogP contribution in [0.3, 0.4) is 0 Å². The van der Waals surface area contributed by atoms with Crippen molar-refractivity contribution in [2.24, 2.45) is 11.8 Å². The first-order valence-electron chi connectivity index (χ1n) is 9.07. The van der Waals surface area contributed by atoms with E-state index in [2.05, 4.69) is 5.32 Å². The molecule has 0 radical (unpaired) electrons. The Bertz CT molecular complexity index is 768. The maximum Gasteiger partial charge on any atom is 0.342 e. The highest BCUT2D eigenvalue weighted by Gasteiger charge is 2.24. The van der Waals surface area contributed by atoms with Crippen LogP contribution in [0.2, 0.25) is 0 Å². The number of allylic oxidation sites excluding steroid dienone is 1. The molecule has 0 amide bonds. The van der Waals surface area contributed by atoms with Crippen molar-refractivity contribution in [2.45, 2.75) is 39.4 Å². The van der Waals surface area contributed by atoms with Gasteiger partial charge in [0.05, 0.1) is 6.10 Å². The van der Waals surface area contributed by atoms with Gasteiger partial charge in [-0.25, -0.2) is 4.79 Å². The highest BCUT2D eigenvalue weighted by atomic mass is 16.5. The van der Waals surface area contributed by atoms with Gasteiger partial charge in [0, 0.05) is 30.6 Å². The minimum atomic E-state index is -0.842. The molecule has 3 N–H and O–H groups in total. The van der Waals surface area contributed by atoms with Crippen LogP contribution < -0.4 is 5.32 Å². The zero-order valence-corrected chi connectivity index (χ0v) is 16.1. The number of esters is 1. The number of benzene rings is 1. The lowest BCUT2D eigenvalue weighted by atomic mass is 9.94. The first-order chi connectivity index (χ1) is 12.7. The third kappa shape index (κ3) is 4.98. The Hall–Kier alpha value is -2.60. The van der Waals surface area contributed by atoms with Crippen molar-refractivity contribution < 1.29 is 24.5 Å². The molecule has 1 aliphatic rings. The number of aromatic hydroxyl groups is 1. The number of carbonyl (C=O) groups is 2. The number of phenols is 1. The van der Waals surface area contributed by atoms with Crippen molar-refractivity contribution in [1.82, 2.24) is 0 Å². The van der Waals surface area contributed by atoms with Gasteiger partial charge in [-0.1, -0.05) is 32.1 Å². The topological polar surface area (TPSA) is 95.9 Å². The van der Waals surface area contributed by atoms with E-state index in [-0.39, 0.29) is 29.4 Å². The van der Waals surface area contributed by atoms with Gasteiger partial charge in [0.25, 0.3) is 0 Å². The number of fused-ring (bicyclic) bond motifs is 1. The normalized spacial score (nSPS) is 29.2. The summed E-state index contributed by atoms with van der Waals surface area (Å²) in [7, 11) is 1.71. The number of cyclic esters (lactones) is 1. The molecule has 0 saturated carbocycles. The van der Waals surface area contributed by atoms with E-state index in [9.17, 15) is 19.8 Å². The predicted octanol–water partition coefficient (Wildman–Crippen LogP) is 3.15. The second-order valence-corrected chi connectivity index (χ2v) is 6.93. The molecule has 0 saturated heterocycles. The molecule has 0 fully saturated rings. The number of ketones is 1. The Morgan fingerprint density at radius 2 is 1.85 bits per heavy atom. The van der Waals surface area contributed by atoms with Crippen molar-refractivity contribution in [1.29, 1.82) is 0 Å². The van der Waals surface area contributed by atoms with Crippen LogP contribution in [-0.4, -0.2) is 41.2 Å². The van der Waals surface area contributed by atoms with Crippen molar-refractivity contribution >= 4 is 23.5 Å². The van der Waals surface area contributed by atoms with Gasteiger partial charge in [0.2, 0.25) is 0 Å². The van der Waals surface area contributed by atoms with Crippen molar-refractivity contribution in [2.75, 3.05) is 12.4 Å². The number of hydrogen-bond acceptors (Lipinski definition) is 6. The molecule has 4 atom stereocenters. The SMILES string of the molecule is CNc1cc(O)c2c(c1)/C=C/C[C@H](O)[C@H](C)C(=O)/C=C\[C@@H](C)[C@H](C)OC2=O. The van der Waals surface area contributed by atoms with E-state index >= 15 is 0 Å². The molecular formula is C21H27NO5. The van der Waals surface area contributed by atoms with E-state index in [1.54, 1.807) is 45.2 Å². The van der Waals surface area contributed by atoms with Gasteiger partial charge < -0.3 is 20.3 Å². The van der Waals surface area contributed by atoms with Crippen molar-refractivity contribution in [3.8, 4) is 5.75 Å². The number of aliphatic hydroxyl groups excluding tert-OH is 1. The second-order valence-electron chi connectivity index (χ2n) is 6.93. The van der Waals surface area contributed by atoms with Crippen molar-refractivity contribution in [3.63, 3.8) is 0 Å². The van der Waals surface area contributed by atoms with Gasteiger partial charge in [-0.05, 0) is 31.1 Å². The minimum Gasteiger partial charge on any atom is -0.507 e. The summed E-state index contributed by atoms with van der Waals surface area (Å²) in [6, 6.07) is 3.17. The second kappa shape index (κ2) is 8.86. The smallest absolute Gasteiger partial charge is 0.342 e. The fraction of sp³-hybridized carbons (Fsp3) is 0.429. The molecule has 1 aliphatic heterocycles. The number of aliphatic hydroxyl groups is 1. The highest BCUT2D eigenvalue weighted by molar-refractivity contribution is 5.97. The molecule has 27 heavy (non-hydrogen) atoms. The minimum absolute atomic E-state index is 0.0731. The Morgan fingerprint density at radius 1 is 1.15 bits per heavy atom. The van der Waals surface area contributed by atoms with E-state index in [0.717, 1.165) is 0 Å². The van der Waals surface area contributed by atoms with Crippen LogP contribution in [0, 0.1) is 11.8 Å². The Kier molecular flexibility index (Phi) is 6.80. The van der Waals surface area contributed by atoms with Crippen LogP contribution in [0.4, 0.5) is 5.69 Å². The Balaban J connectivity index is 2.50. The van der Waals surface area contributed by atoms with Gasteiger partial charge in [-0.3, -0.25) is 4.79 Å². The molecule has 1 heterocycles. The number of carbonyl (C=O) groups excluding carboxylic acids is 2. The first-order valence-corrected chi connectivity index (χ1v) is 9.07. The summed E-state index contributed by atoms with van der Waals surface area (Å²) in [5.41, 5.74) is 1.19. The Labute approximate surface area is 159 Å². The fourth-order valence-electron chi connectivity index (χ4n) is 2.77. The predicted molar refractivity (Wildman–Crippen MR) is 105 cm³/mol. The van der Waals surface area contributed by atoms with Gasteiger partial charge in [-0.15, -0.1) is 0 Å². The van der Waals surface area contributed by atoms with Crippen LogP contribution >= 0.6 is 0 Å². The fourth-order valence-corrected chi connectivity index (χ4v) is 2.77. The van der Waals surface area contributed by atoms with Gasteiger partial charge in [-0.2, -0.15) is 0 Å². The van der Waals surface area contributed by atoms with Crippen molar-refractivity contribution in [3.05, 3.63) is 41.5 Å². The van der Waals surface area contributed by atoms with Crippen LogP contribution in [0.25, 0.3) is 6.08 Å². The lowest BCUT2D eigenvalue weighted by Crippen LogP contribution is -2.25. The molecule has 146 valence electrons. The number of rotatable bonds is 1. The number of phenolic OH excluding ortho intramolecular Hbond substituents is 1. The number of hydrogen-bond donors (Lipinski definition) is 3. The zero-order chi connectivity index (χ0) is 20.1. The average molecular weight is 373 g/mol. The Morgan fingerprint density at radius 3 is 2.52 bits per heavy atom. The van der Waals surface area contributed by atoms with Crippen LogP contribution in [0.15, 0.2) is 30.4 Å². The molecule has 0 spiro atoms. The lowest BCUT2D eigenvalue weighted by molar-refractivity contribution is -0.120. The summed E-state index contributed by atoms with van der Waals surface area (Å²) in [4.78, 5) is 24.9.